The number of fused-ring (bicyclic) bond motifs is 1. The fraction of sp³-hybridized carbons (Fsp3) is 0.476. The van der Waals surface area contributed by atoms with Crippen molar-refractivity contribution in [3.8, 4) is 5.82 Å². The Labute approximate surface area is 180 Å². The Morgan fingerprint density at radius 3 is 2.65 bits per heavy atom. The van der Waals surface area contributed by atoms with E-state index in [1.807, 2.05) is 13.8 Å². The number of hydrogen-bond acceptors (Lipinski definition) is 7. The molecule has 1 amide bonds. The first kappa shape index (κ1) is 22.5. The van der Waals surface area contributed by atoms with Gasteiger partial charge in [0.15, 0.2) is 11.5 Å². The van der Waals surface area contributed by atoms with Crippen LogP contribution in [0.1, 0.15) is 50.9 Å². The molecule has 3 heterocycles. The monoisotopic (exact) mass is 429 g/mol. The van der Waals surface area contributed by atoms with Crippen molar-refractivity contribution in [1.29, 1.82) is 0 Å². The van der Waals surface area contributed by atoms with Gasteiger partial charge in [-0.05, 0) is 26.7 Å². The van der Waals surface area contributed by atoms with Crippen molar-refractivity contribution in [2.45, 2.75) is 58.4 Å². The average molecular weight is 430 g/mol. The predicted octanol–water partition coefficient (Wildman–Crippen LogP) is 2.65. The summed E-state index contributed by atoms with van der Waals surface area (Å²) in [7, 11) is 0. The van der Waals surface area contributed by atoms with Gasteiger partial charge in [-0.25, -0.2) is 19.3 Å². The van der Waals surface area contributed by atoms with Crippen LogP contribution in [0.25, 0.3) is 16.9 Å². The van der Waals surface area contributed by atoms with E-state index in [0.29, 0.717) is 17.2 Å². The van der Waals surface area contributed by atoms with Crippen LogP contribution in [0, 0.1) is 0 Å². The van der Waals surface area contributed by atoms with Crippen LogP contribution in [0.2, 0.25) is 0 Å². The number of carbonyl (C=O) groups is 1. The molecule has 0 aromatic carbocycles. The molecule has 0 spiro atoms. The molecule has 3 rings (SSSR count). The fourth-order valence-corrected chi connectivity index (χ4v) is 3.28. The van der Waals surface area contributed by atoms with Crippen LogP contribution in [-0.2, 0) is 0 Å². The van der Waals surface area contributed by atoms with Gasteiger partial charge in [0.05, 0.1) is 35.0 Å². The maximum atomic E-state index is 14.5. The second-order valence-electron chi connectivity index (χ2n) is 7.73. The van der Waals surface area contributed by atoms with Crippen LogP contribution in [0.15, 0.2) is 31.0 Å². The van der Waals surface area contributed by atoms with Crippen LogP contribution in [-0.4, -0.2) is 60.1 Å². The average Bonchev–Trinajstić information content (AvgIpc) is 3.20. The number of nitrogens with one attached hydrogen (secondary N) is 2. The number of hydrogen-bond donors (Lipinski definition) is 3. The molecule has 0 aliphatic heterocycles. The molecule has 0 aliphatic carbocycles. The Kier molecular flexibility index (Phi) is 6.79. The number of aromatic nitrogens is 5. The third-order valence-electron chi connectivity index (χ3n) is 5.28. The standard InChI is InChI=1S/C21H28FN7O2/c1-5-21(31,6-2)17(22)11-25-20(30)15-10-24-18(7-16(15)28-13(3)4)29-19-14(9-27-29)8-23-12-26-19/h7-10,12-13,17,31H,5-6,11H2,1-4H3,(H,24,28)(H,25,30). The SMILES string of the molecule is CCC(O)(CC)C(F)CNC(=O)c1cnc(-n2ncc3cncnc32)cc1NC(C)C. The van der Waals surface area contributed by atoms with Gasteiger partial charge >= 0.3 is 0 Å². The fourth-order valence-electron chi connectivity index (χ4n) is 3.28. The number of nitrogens with zero attached hydrogens (tertiary/aromatic N) is 5. The minimum absolute atomic E-state index is 0.0395. The molecule has 0 aliphatic rings. The van der Waals surface area contributed by atoms with Gasteiger partial charge < -0.3 is 15.7 Å². The quantitative estimate of drug-likeness (QED) is 0.479. The van der Waals surface area contributed by atoms with E-state index in [9.17, 15) is 14.3 Å². The highest BCUT2D eigenvalue weighted by Gasteiger charge is 2.33. The highest BCUT2D eigenvalue weighted by atomic mass is 19.1. The molecular weight excluding hydrogens is 401 g/mol. The molecule has 3 aromatic heterocycles. The molecule has 10 heteroatoms. The minimum atomic E-state index is -1.57. The number of carbonyl (C=O) groups excluding carboxylic acids is 1. The summed E-state index contributed by atoms with van der Waals surface area (Å²) in [5, 5.41) is 21.2. The van der Waals surface area contributed by atoms with Gasteiger partial charge in [-0.1, -0.05) is 13.8 Å². The predicted molar refractivity (Wildman–Crippen MR) is 116 cm³/mol. The molecule has 0 saturated heterocycles. The lowest BCUT2D eigenvalue weighted by atomic mass is 9.91. The number of pyridine rings is 1. The third kappa shape index (κ3) is 4.79. The second kappa shape index (κ2) is 9.34. The Bertz CT molecular complexity index is 1050. The Morgan fingerprint density at radius 1 is 1.23 bits per heavy atom. The summed E-state index contributed by atoms with van der Waals surface area (Å²) >= 11 is 0. The molecule has 0 saturated carbocycles. The summed E-state index contributed by atoms with van der Waals surface area (Å²) in [6, 6.07) is 1.74. The molecule has 166 valence electrons. The number of aliphatic hydroxyl groups is 1. The molecule has 3 N–H and O–H groups in total. The Hall–Kier alpha value is -3.14. The molecule has 0 bridgehead atoms. The number of anilines is 1. The Balaban J connectivity index is 1.87. The number of amides is 1. The molecule has 31 heavy (non-hydrogen) atoms. The van der Waals surface area contributed by atoms with Crippen LogP contribution in [0.4, 0.5) is 10.1 Å². The van der Waals surface area contributed by atoms with E-state index in [1.54, 1.807) is 37.0 Å². The summed E-state index contributed by atoms with van der Waals surface area (Å²) in [6.07, 6.45) is 5.09. The zero-order valence-corrected chi connectivity index (χ0v) is 18.1. The maximum Gasteiger partial charge on any atom is 0.255 e. The van der Waals surface area contributed by atoms with Crippen LogP contribution in [0.5, 0.6) is 0 Å². The van der Waals surface area contributed by atoms with E-state index in [1.165, 1.54) is 12.5 Å². The van der Waals surface area contributed by atoms with Gasteiger partial charge in [0.25, 0.3) is 5.91 Å². The summed E-state index contributed by atoms with van der Waals surface area (Å²) in [5.74, 6) is -0.00448. The third-order valence-corrected chi connectivity index (χ3v) is 5.28. The van der Waals surface area contributed by atoms with Crippen molar-refractivity contribution in [1.82, 2.24) is 30.0 Å². The Morgan fingerprint density at radius 2 is 1.97 bits per heavy atom. The summed E-state index contributed by atoms with van der Waals surface area (Å²) < 4.78 is 16.1. The van der Waals surface area contributed by atoms with Gasteiger partial charge in [0.1, 0.15) is 12.5 Å². The van der Waals surface area contributed by atoms with Crippen molar-refractivity contribution in [3.05, 3.63) is 36.5 Å². The zero-order valence-electron chi connectivity index (χ0n) is 18.1. The number of alkyl halides is 1. The van der Waals surface area contributed by atoms with Crippen molar-refractivity contribution in [2.24, 2.45) is 0 Å². The van der Waals surface area contributed by atoms with Crippen LogP contribution in [0.3, 0.4) is 0 Å². The summed E-state index contributed by atoms with van der Waals surface area (Å²) in [4.78, 5) is 25.4. The zero-order chi connectivity index (χ0) is 22.6. The molecular formula is C21H28FN7O2. The van der Waals surface area contributed by atoms with Crippen molar-refractivity contribution >= 4 is 22.6 Å². The maximum absolute atomic E-state index is 14.5. The number of halogens is 1. The van der Waals surface area contributed by atoms with E-state index in [2.05, 4.69) is 30.7 Å². The summed E-state index contributed by atoms with van der Waals surface area (Å²) in [5.41, 5.74) is -0.0646. The van der Waals surface area contributed by atoms with Gasteiger partial charge in [0, 0.05) is 24.5 Å². The summed E-state index contributed by atoms with van der Waals surface area (Å²) in [6.45, 7) is 7.03. The van der Waals surface area contributed by atoms with Crippen molar-refractivity contribution in [2.75, 3.05) is 11.9 Å². The lowest BCUT2D eigenvalue weighted by molar-refractivity contribution is -0.0399. The molecule has 0 fully saturated rings. The van der Waals surface area contributed by atoms with E-state index in [4.69, 9.17) is 0 Å². The first-order valence-electron chi connectivity index (χ1n) is 10.3. The molecule has 1 atom stereocenters. The lowest BCUT2D eigenvalue weighted by Crippen LogP contribution is -2.45. The van der Waals surface area contributed by atoms with Gasteiger partial charge in [-0.15, -0.1) is 0 Å². The minimum Gasteiger partial charge on any atom is -0.387 e. The van der Waals surface area contributed by atoms with Crippen molar-refractivity contribution in [3.63, 3.8) is 0 Å². The van der Waals surface area contributed by atoms with Gasteiger partial charge in [-0.2, -0.15) is 9.78 Å². The largest absolute Gasteiger partial charge is 0.387 e. The van der Waals surface area contributed by atoms with Gasteiger partial charge in [0.2, 0.25) is 0 Å². The highest BCUT2D eigenvalue weighted by molar-refractivity contribution is 5.99. The first-order chi connectivity index (χ1) is 14.8. The van der Waals surface area contributed by atoms with Crippen LogP contribution >= 0.6 is 0 Å². The van der Waals surface area contributed by atoms with E-state index < -0.39 is 17.7 Å². The molecule has 9 nitrogen and oxygen atoms in total. The molecule has 0 radical (unpaired) electrons. The van der Waals surface area contributed by atoms with Crippen LogP contribution < -0.4 is 10.6 Å². The van der Waals surface area contributed by atoms with E-state index >= 15 is 0 Å². The van der Waals surface area contributed by atoms with E-state index in [0.717, 1.165) is 5.39 Å². The van der Waals surface area contributed by atoms with Crippen molar-refractivity contribution < 1.29 is 14.3 Å². The highest BCUT2D eigenvalue weighted by Crippen LogP contribution is 2.23. The molecule has 3 aromatic rings. The topological polar surface area (TPSA) is 118 Å². The lowest BCUT2D eigenvalue weighted by Gasteiger charge is -2.29. The molecule has 1 unspecified atom stereocenters. The first-order valence-corrected chi connectivity index (χ1v) is 10.3. The van der Waals surface area contributed by atoms with Gasteiger partial charge in [-0.3, -0.25) is 4.79 Å². The normalized spacial score (nSPS) is 12.9. The van der Waals surface area contributed by atoms with E-state index in [-0.39, 0.29) is 31.0 Å². The second-order valence-corrected chi connectivity index (χ2v) is 7.73. The smallest absolute Gasteiger partial charge is 0.255 e. The number of rotatable bonds is 9.